The maximum Gasteiger partial charge on any atom is 0.325 e. The van der Waals surface area contributed by atoms with Crippen molar-refractivity contribution in [2.45, 2.75) is 12.5 Å². The first-order valence-corrected chi connectivity index (χ1v) is 5.34. The van der Waals surface area contributed by atoms with Crippen molar-refractivity contribution in [2.24, 2.45) is 0 Å². The summed E-state index contributed by atoms with van der Waals surface area (Å²) in [4.78, 5) is 24.8. The highest BCUT2D eigenvalue weighted by molar-refractivity contribution is 6.30. The predicted octanol–water partition coefficient (Wildman–Crippen LogP) is 1.80. The van der Waals surface area contributed by atoms with Crippen molar-refractivity contribution in [1.29, 1.82) is 0 Å². The van der Waals surface area contributed by atoms with Gasteiger partial charge in [-0.1, -0.05) is 18.2 Å². The molecule has 0 aliphatic carbocycles. The third-order valence-electron chi connectivity index (χ3n) is 2.62. The van der Waals surface area contributed by atoms with Gasteiger partial charge in [0.25, 0.3) is 5.91 Å². The first kappa shape index (κ1) is 11.7. The van der Waals surface area contributed by atoms with Crippen LogP contribution in [0.3, 0.4) is 0 Å². The van der Waals surface area contributed by atoms with E-state index in [0.717, 1.165) is 4.90 Å². The Labute approximate surface area is 103 Å². The van der Waals surface area contributed by atoms with Gasteiger partial charge in [-0.25, -0.2) is 4.79 Å². The van der Waals surface area contributed by atoms with Crippen LogP contribution in [0.2, 0.25) is 0 Å². The number of urea groups is 1. The van der Waals surface area contributed by atoms with Gasteiger partial charge in [0.05, 0.1) is 12.8 Å². The zero-order valence-electron chi connectivity index (χ0n) is 9.20. The van der Waals surface area contributed by atoms with Crippen LogP contribution >= 0.6 is 11.6 Å². The van der Waals surface area contributed by atoms with E-state index in [1.807, 2.05) is 0 Å². The molecule has 6 heteroatoms. The van der Waals surface area contributed by atoms with Crippen LogP contribution in [-0.2, 0) is 10.3 Å². The molecule has 0 saturated carbocycles. The second kappa shape index (κ2) is 3.92. The van der Waals surface area contributed by atoms with E-state index in [1.54, 1.807) is 19.1 Å². The molecule has 1 saturated heterocycles. The molecular formula is C11H11ClN2O3. The first-order valence-electron chi connectivity index (χ1n) is 4.96. The third kappa shape index (κ3) is 1.82. The Kier molecular flexibility index (Phi) is 2.71. The zero-order chi connectivity index (χ0) is 12.6. The molecule has 3 amide bonds. The molecule has 0 spiro atoms. The summed E-state index contributed by atoms with van der Waals surface area (Å²) < 4.78 is 5.17. The Hall–Kier alpha value is -1.75. The molecule has 1 atom stereocenters. The van der Waals surface area contributed by atoms with Crippen molar-refractivity contribution in [1.82, 2.24) is 10.2 Å². The van der Waals surface area contributed by atoms with Gasteiger partial charge in [0.2, 0.25) is 0 Å². The van der Waals surface area contributed by atoms with Crippen LogP contribution in [0.1, 0.15) is 12.7 Å². The highest BCUT2D eigenvalue weighted by Gasteiger charge is 2.50. The lowest BCUT2D eigenvalue weighted by molar-refractivity contribution is -0.131. The summed E-state index contributed by atoms with van der Waals surface area (Å²) in [5, 5.41) is 2.80. The average Bonchev–Trinajstić information content (AvgIpc) is 2.83. The van der Waals surface area contributed by atoms with Crippen molar-refractivity contribution < 1.29 is 14.0 Å². The second-order valence-electron chi connectivity index (χ2n) is 3.94. The molecule has 2 rings (SSSR count). The summed E-state index contributed by atoms with van der Waals surface area (Å²) in [5.41, 5.74) is -1.17. The number of amides is 3. The number of halogens is 1. The number of nitrogens with zero attached hydrogens (tertiary/aromatic N) is 1. The molecule has 1 aromatic rings. The Morgan fingerprint density at radius 3 is 2.88 bits per heavy atom. The average molecular weight is 255 g/mol. The Morgan fingerprint density at radius 1 is 1.65 bits per heavy atom. The third-order valence-corrected chi connectivity index (χ3v) is 2.74. The van der Waals surface area contributed by atoms with E-state index in [1.165, 1.54) is 6.26 Å². The van der Waals surface area contributed by atoms with Crippen LogP contribution in [0.4, 0.5) is 4.79 Å². The first-order chi connectivity index (χ1) is 7.95. The molecule has 90 valence electrons. The van der Waals surface area contributed by atoms with Gasteiger partial charge in [-0.15, -0.1) is 0 Å². The molecule has 1 N–H and O–H groups in total. The lowest BCUT2D eigenvalue weighted by atomic mass is 9.99. The Morgan fingerprint density at radius 2 is 2.35 bits per heavy atom. The standard InChI is InChI=1S/C11H11ClN2O3/c1-7(12)6-14-9(15)11(2,13-10(14)16)8-4-3-5-17-8/h3-5H,1,6H2,2H3,(H,13,16). The number of hydrogen-bond donors (Lipinski definition) is 1. The van der Waals surface area contributed by atoms with Crippen LogP contribution in [0, 0.1) is 0 Å². The van der Waals surface area contributed by atoms with Crippen LogP contribution in [0.15, 0.2) is 34.4 Å². The highest BCUT2D eigenvalue weighted by atomic mass is 35.5. The van der Waals surface area contributed by atoms with Crippen molar-refractivity contribution in [2.75, 3.05) is 6.54 Å². The van der Waals surface area contributed by atoms with Crippen molar-refractivity contribution in [3.8, 4) is 0 Å². The largest absolute Gasteiger partial charge is 0.466 e. The van der Waals surface area contributed by atoms with Gasteiger partial charge in [-0.3, -0.25) is 9.69 Å². The highest BCUT2D eigenvalue weighted by Crippen LogP contribution is 2.29. The molecule has 1 aliphatic rings. The van der Waals surface area contributed by atoms with E-state index < -0.39 is 17.5 Å². The lowest BCUT2D eigenvalue weighted by Crippen LogP contribution is -2.40. The van der Waals surface area contributed by atoms with E-state index in [-0.39, 0.29) is 11.6 Å². The molecule has 17 heavy (non-hydrogen) atoms. The molecule has 0 radical (unpaired) electrons. The number of carbonyl (C=O) groups is 2. The summed E-state index contributed by atoms with van der Waals surface area (Å²) in [5.74, 6) is -0.0159. The fourth-order valence-electron chi connectivity index (χ4n) is 1.74. The van der Waals surface area contributed by atoms with Gasteiger partial charge in [0.1, 0.15) is 5.76 Å². The summed E-state index contributed by atoms with van der Waals surface area (Å²) in [7, 11) is 0. The van der Waals surface area contributed by atoms with E-state index >= 15 is 0 Å². The molecule has 0 bridgehead atoms. The topological polar surface area (TPSA) is 62.6 Å². The second-order valence-corrected chi connectivity index (χ2v) is 4.48. The zero-order valence-corrected chi connectivity index (χ0v) is 9.95. The van der Waals surface area contributed by atoms with Crippen molar-refractivity contribution >= 4 is 23.5 Å². The van der Waals surface area contributed by atoms with Gasteiger partial charge in [-0.2, -0.15) is 0 Å². The van der Waals surface area contributed by atoms with Crippen molar-refractivity contribution in [3.63, 3.8) is 0 Å². The summed E-state index contributed by atoms with van der Waals surface area (Å²) in [6.07, 6.45) is 1.45. The molecule has 1 aromatic heterocycles. The summed E-state index contributed by atoms with van der Waals surface area (Å²) in [6.45, 7) is 5.04. The van der Waals surface area contributed by atoms with Crippen molar-refractivity contribution in [3.05, 3.63) is 35.8 Å². The van der Waals surface area contributed by atoms with Gasteiger partial charge < -0.3 is 9.73 Å². The Bertz CT molecular complexity index is 483. The monoisotopic (exact) mass is 254 g/mol. The van der Waals surface area contributed by atoms with E-state index in [2.05, 4.69) is 11.9 Å². The number of imide groups is 1. The normalized spacial score (nSPS) is 24.0. The number of rotatable bonds is 3. The van der Waals surface area contributed by atoms with E-state index in [9.17, 15) is 9.59 Å². The van der Waals surface area contributed by atoms with Gasteiger partial charge in [-0.05, 0) is 19.1 Å². The minimum Gasteiger partial charge on any atom is -0.466 e. The smallest absolute Gasteiger partial charge is 0.325 e. The van der Waals surface area contributed by atoms with Gasteiger partial charge in [0, 0.05) is 5.03 Å². The molecule has 1 unspecified atom stereocenters. The number of hydrogen-bond acceptors (Lipinski definition) is 3. The summed E-state index contributed by atoms with van der Waals surface area (Å²) in [6, 6.07) is 2.79. The maximum atomic E-state index is 12.2. The minimum absolute atomic E-state index is 0.0114. The molecule has 1 aliphatic heterocycles. The predicted molar refractivity (Wildman–Crippen MR) is 61.3 cm³/mol. The quantitative estimate of drug-likeness (QED) is 0.837. The fraction of sp³-hybridized carbons (Fsp3) is 0.273. The number of nitrogens with one attached hydrogen (secondary N) is 1. The van der Waals surface area contributed by atoms with E-state index in [4.69, 9.17) is 16.0 Å². The van der Waals surface area contributed by atoms with Crippen LogP contribution in [0.25, 0.3) is 0 Å². The summed E-state index contributed by atoms with van der Waals surface area (Å²) >= 11 is 5.61. The van der Waals surface area contributed by atoms with Crippen LogP contribution in [0.5, 0.6) is 0 Å². The Balaban J connectivity index is 2.32. The van der Waals surface area contributed by atoms with E-state index in [0.29, 0.717) is 5.76 Å². The van der Waals surface area contributed by atoms with Crippen LogP contribution < -0.4 is 5.32 Å². The maximum absolute atomic E-state index is 12.2. The fourth-order valence-corrected chi connectivity index (χ4v) is 1.86. The number of carbonyl (C=O) groups excluding carboxylic acids is 2. The molecule has 1 fully saturated rings. The molecule has 0 aromatic carbocycles. The minimum atomic E-state index is -1.17. The SMILES string of the molecule is C=C(Cl)CN1C(=O)NC(C)(c2ccco2)C1=O. The number of furan rings is 1. The molecular weight excluding hydrogens is 244 g/mol. The van der Waals surface area contributed by atoms with Crippen LogP contribution in [-0.4, -0.2) is 23.4 Å². The molecule has 2 heterocycles. The van der Waals surface area contributed by atoms with Gasteiger partial charge in [0.15, 0.2) is 5.54 Å². The molecule has 5 nitrogen and oxygen atoms in total. The van der Waals surface area contributed by atoms with Gasteiger partial charge >= 0.3 is 6.03 Å². The lowest BCUT2D eigenvalue weighted by Gasteiger charge is -2.18.